The Hall–Kier alpha value is -3.14. The summed E-state index contributed by atoms with van der Waals surface area (Å²) in [6, 6.07) is 18.4. The van der Waals surface area contributed by atoms with Crippen LogP contribution in [0.4, 0.5) is 0 Å². The monoisotopic (exact) mass is 320 g/mol. The number of ether oxygens (including phenoxy) is 2. The van der Waals surface area contributed by atoms with E-state index in [0.29, 0.717) is 23.3 Å². The second kappa shape index (κ2) is 6.96. The number of hydrogen-bond donors (Lipinski definition) is 0. The molecule has 0 unspecified atom stereocenters. The number of esters is 1. The molecule has 0 aliphatic heterocycles. The van der Waals surface area contributed by atoms with Crippen LogP contribution in [-0.4, -0.2) is 19.4 Å². The summed E-state index contributed by atoms with van der Waals surface area (Å²) in [6.07, 6.45) is 0.865. The second-order valence-corrected chi connectivity index (χ2v) is 5.32. The van der Waals surface area contributed by atoms with Crippen molar-refractivity contribution in [2.24, 2.45) is 0 Å². The highest BCUT2D eigenvalue weighted by Crippen LogP contribution is 2.28. The van der Waals surface area contributed by atoms with Gasteiger partial charge in [-0.2, -0.15) is 0 Å². The van der Waals surface area contributed by atoms with Crippen LogP contribution in [0.2, 0.25) is 0 Å². The van der Waals surface area contributed by atoms with E-state index in [1.165, 1.54) is 13.2 Å². The van der Waals surface area contributed by atoms with Gasteiger partial charge in [-0.25, -0.2) is 0 Å². The molecule has 0 saturated heterocycles. The van der Waals surface area contributed by atoms with Crippen LogP contribution in [0, 0.1) is 0 Å². The first-order valence-corrected chi connectivity index (χ1v) is 7.52. The lowest BCUT2D eigenvalue weighted by Crippen LogP contribution is -2.12. The standard InChI is InChI=1S/C20H16O4/c1-23-19-11-14(13-21)9-10-18(19)24-20(22)12-16-7-4-6-15-5-2-3-8-17(15)16/h2-11,13H,12H2,1H3. The maximum Gasteiger partial charge on any atom is 0.315 e. The van der Waals surface area contributed by atoms with E-state index in [1.807, 2.05) is 42.5 Å². The van der Waals surface area contributed by atoms with Gasteiger partial charge in [-0.05, 0) is 34.5 Å². The van der Waals surface area contributed by atoms with E-state index < -0.39 is 0 Å². The number of fused-ring (bicyclic) bond motifs is 1. The molecule has 0 radical (unpaired) electrons. The van der Waals surface area contributed by atoms with E-state index in [-0.39, 0.29) is 12.4 Å². The highest BCUT2D eigenvalue weighted by atomic mass is 16.6. The molecule has 0 atom stereocenters. The molecule has 0 saturated carbocycles. The summed E-state index contributed by atoms with van der Waals surface area (Å²) in [5.41, 5.74) is 1.36. The molecule has 0 aliphatic carbocycles. The molecule has 0 bridgehead atoms. The molecule has 0 aliphatic rings. The molecule has 3 rings (SSSR count). The van der Waals surface area contributed by atoms with Crippen LogP contribution in [-0.2, 0) is 11.2 Å². The van der Waals surface area contributed by atoms with E-state index in [0.717, 1.165) is 16.3 Å². The zero-order valence-corrected chi connectivity index (χ0v) is 13.2. The third-order valence-corrected chi connectivity index (χ3v) is 3.76. The molecule has 4 heteroatoms. The minimum atomic E-state index is -0.386. The van der Waals surface area contributed by atoms with Gasteiger partial charge in [0.05, 0.1) is 13.5 Å². The third kappa shape index (κ3) is 3.27. The van der Waals surface area contributed by atoms with E-state index in [1.54, 1.807) is 12.1 Å². The molecule has 0 heterocycles. The van der Waals surface area contributed by atoms with Gasteiger partial charge in [0.1, 0.15) is 6.29 Å². The zero-order valence-electron chi connectivity index (χ0n) is 13.2. The van der Waals surface area contributed by atoms with Crippen molar-refractivity contribution in [1.29, 1.82) is 0 Å². The zero-order chi connectivity index (χ0) is 16.9. The van der Waals surface area contributed by atoms with Crippen LogP contribution in [0.5, 0.6) is 11.5 Å². The number of methoxy groups -OCH3 is 1. The Morgan fingerprint density at radius 1 is 1.00 bits per heavy atom. The topological polar surface area (TPSA) is 52.6 Å². The average Bonchev–Trinajstić information content (AvgIpc) is 2.62. The number of carbonyl (C=O) groups excluding carboxylic acids is 2. The normalized spacial score (nSPS) is 10.4. The van der Waals surface area contributed by atoms with Gasteiger partial charge in [0.25, 0.3) is 0 Å². The Balaban J connectivity index is 1.82. The Bertz CT molecular complexity index is 894. The summed E-state index contributed by atoms with van der Waals surface area (Å²) in [5.74, 6) is 0.266. The van der Waals surface area contributed by atoms with Crippen LogP contribution in [0.25, 0.3) is 10.8 Å². The molecule has 0 aromatic heterocycles. The van der Waals surface area contributed by atoms with Crippen molar-refractivity contribution in [3.63, 3.8) is 0 Å². The van der Waals surface area contributed by atoms with Crippen molar-refractivity contribution in [2.45, 2.75) is 6.42 Å². The van der Waals surface area contributed by atoms with Crippen LogP contribution >= 0.6 is 0 Å². The minimum absolute atomic E-state index is 0.153. The molecular weight excluding hydrogens is 304 g/mol. The summed E-state index contributed by atoms with van der Waals surface area (Å²) in [7, 11) is 1.46. The predicted molar refractivity (Wildman–Crippen MR) is 91.7 cm³/mol. The van der Waals surface area contributed by atoms with Crippen LogP contribution < -0.4 is 9.47 Å². The van der Waals surface area contributed by atoms with Crippen molar-refractivity contribution in [3.05, 3.63) is 71.8 Å². The number of rotatable bonds is 5. The van der Waals surface area contributed by atoms with Gasteiger partial charge in [0.15, 0.2) is 11.5 Å². The van der Waals surface area contributed by atoms with Gasteiger partial charge >= 0.3 is 5.97 Å². The lowest BCUT2D eigenvalue weighted by atomic mass is 10.0. The maximum atomic E-state index is 12.3. The maximum absolute atomic E-state index is 12.3. The first kappa shape index (κ1) is 15.7. The number of benzene rings is 3. The first-order chi connectivity index (χ1) is 11.7. The molecule has 3 aromatic carbocycles. The van der Waals surface area contributed by atoms with Crippen molar-refractivity contribution in [3.8, 4) is 11.5 Å². The van der Waals surface area contributed by atoms with E-state index >= 15 is 0 Å². The smallest absolute Gasteiger partial charge is 0.315 e. The number of hydrogen-bond acceptors (Lipinski definition) is 4. The van der Waals surface area contributed by atoms with Crippen LogP contribution in [0.3, 0.4) is 0 Å². The summed E-state index contributed by atoms with van der Waals surface area (Å²) < 4.78 is 10.6. The quantitative estimate of drug-likeness (QED) is 0.407. The summed E-state index contributed by atoms with van der Waals surface area (Å²) >= 11 is 0. The lowest BCUT2D eigenvalue weighted by Gasteiger charge is -2.10. The van der Waals surface area contributed by atoms with Gasteiger partial charge in [-0.1, -0.05) is 42.5 Å². The Labute approximate surface area is 139 Å². The second-order valence-electron chi connectivity index (χ2n) is 5.32. The first-order valence-electron chi connectivity index (χ1n) is 7.52. The van der Waals surface area contributed by atoms with Gasteiger partial charge in [0.2, 0.25) is 0 Å². The highest BCUT2D eigenvalue weighted by molar-refractivity contribution is 5.89. The van der Waals surface area contributed by atoms with Gasteiger partial charge in [-0.15, -0.1) is 0 Å². The molecular formula is C20H16O4. The number of aldehydes is 1. The molecule has 0 amide bonds. The molecule has 3 aromatic rings. The van der Waals surface area contributed by atoms with Crippen molar-refractivity contribution < 1.29 is 19.1 Å². The fourth-order valence-corrected chi connectivity index (χ4v) is 2.60. The molecule has 0 spiro atoms. The van der Waals surface area contributed by atoms with Crippen molar-refractivity contribution in [2.75, 3.05) is 7.11 Å². The summed E-state index contributed by atoms with van der Waals surface area (Å²) in [6.45, 7) is 0. The van der Waals surface area contributed by atoms with E-state index in [4.69, 9.17) is 9.47 Å². The third-order valence-electron chi connectivity index (χ3n) is 3.76. The number of carbonyl (C=O) groups is 2. The molecule has 120 valence electrons. The average molecular weight is 320 g/mol. The SMILES string of the molecule is COc1cc(C=O)ccc1OC(=O)Cc1cccc2ccccc12. The Morgan fingerprint density at radius 2 is 1.79 bits per heavy atom. The van der Waals surface area contributed by atoms with Gasteiger partial charge in [0, 0.05) is 5.56 Å². The van der Waals surface area contributed by atoms with E-state index in [2.05, 4.69) is 0 Å². The Kier molecular flexibility index (Phi) is 4.57. The highest BCUT2D eigenvalue weighted by Gasteiger charge is 2.13. The Morgan fingerprint density at radius 3 is 2.58 bits per heavy atom. The van der Waals surface area contributed by atoms with Crippen molar-refractivity contribution >= 4 is 23.0 Å². The van der Waals surface area contributed by atoms with E-state index in [9.17, 15) is 9.59 Å². The fraction of sp³-hybridized carbons (Fsp3) is 0.100. The lowest BCUT2D eigenvalue weighted by molar-refractivity contribution is -0.133. The molecule has 0 N–H and O–H groups in total. The fourth-order valence-electron chi connectivity index (χ4n) is 2.60. The van der Waals surface area contributed by atoms with Gasteiger partial charge < -0.3 is 9.47 Å². The van der Waals surface area contributed by atoms with Crippen LogP contribution in [0.15, 0.2) is 60.7 Å². The van der Waals surface area contributed by atoms with Crippen LogP contribution in [0.1, 0.15) is 15.9 Å². The molecule has 4 nitrogen and oxygen atoms in total. The van der Waals surface area contributed by atoms with Crippen molar-refractivity contribution in [1.82, 2.24) is 0 Å². The summed E-state index contributed by atoms with van der Waals surface area (Å²) in [4.78, 5) is 23.1. The molecule has 0 fully saturated rings. The minimum Gasteiger partial charge on any atom is -0.493 e. The summed E-state index contributed by atoms with van der Waals surface area (Å²) in [5, 5.41) is 2.11. The predicted octanol–water partition coefficient (Wildman–Crippen LogP) is 3.81. The molecule has 24 heavy (non-hydrogen) atoms. The van der Waals surface area contributed by atoms with Gasteiger partial charge in [-0.3, -0.25) is 9.59 Å². The largest absolute Gasteiger partial charge is 0.493 e.